The van der Waals surface area contributed by atoms with Crippen molar-refractivity contribution >= 4 is 33.3 Å². The highest BCUT2D eigenvalue weighted by molar-refractivity contribution is 7.21. The molecule has 0 unspecified atom stereocenters. The summed E-state index contributed by atoms with van der Waals surface area (Å²) >= 11 is 1.40. The van der Waals surface area contributed by atoms with E-state index in [-0.39, 0.29) is 12.5 Å². The Balaban J connectivity index is 2.25. The molecule has 1 amide bonds. The zero-order chi connectivity index (χ0) is 16.5. The maximum absolute atomic E-state index is 12.3. The maximum Gasteiger partial charge on any atom is 0.310 e. The molecule has 0 spiro atoms. The van der Waals surface area contributed by atoms with Crippen molar-refractivity contribution in [1.29, 1.82) is 0 Å². The number of nitrogens with one attached hydrogen (secondary N) is 1. The number of benzene rings is 1. The first-order valence-corrected chi connectivity index (χ1v) is 7.66. The van der Waals surface area contributed by atoms with Crippen LogP contribution in [-0.2, 0) is 4.79 Å². The van der Waals surface area contributed by atoms with Gasteiger partial charge in [-0.05, 0) is 49.9 Å². The second-order valence-corrected chi connectivity index (χ2v) is 6.84. The summed E-state index contributed by atoms with van der Waals surface area (Å²) in [6.45, 7) is 5.13. The topological polar surface area (TPSA) is 75.6 Å². The fourth-order valence-electron chi connectivity index (χ4n) is 2.00. The number of carboxylic acids is 1. The van der Waals surface area contributed by atoms with Crippen LogP contribution in [0.25, 0.3) is 10.1 Å². The molecule has 0 saturated carbocycles. The lowest BCUT2D eigenvalue weighted by Crippen LogP contribution is -2.38. The Kier molecular flexibility index (Phi) is 4.42. The molecular formula is C16H19NO4S. The normalized spacial score (nSPS) is 11.5. The van der Waals surface area contributed by atoms with Gasteiger partial charge in [-0.3, -0.25) is 9.59 Å². The first kappa shape index (κ1) is 16.3. The molecule has 0 saturated heterocycles. The molecular weight excluding hydrogens is 302 g/mol. The van der Waals surface area contributed by atoms with Crippen LogP contribution in [-0.4, -0.2) is 30.6 Å². The molecule has 0 radical (unpaired) electrons. The molecule has 0 aliphatic rings. The highest BCUT2D eigenvalue weighted by Crippen LogP contribution is 2.33. The SMILES string of the molecule is COc1ccc2sc(C(=O)NCC(C)(C)C(=O)O)c(C)c2c1. The van der Waals surface area contributed by atoms with Gasteiger partial charge in [0, 0.05) is 11.2 Å². The van der Waals surface area contributed by atoms with Crippen molar-refractivity contribution in [3.05, 3.63) is 28.6 Å². The lowest BCUT2D eigenvalue weighted by atomic mass is 9.94. The maximum atomic E-state index is 12.3. The second-order valence-electron chi connectivity index (χ2n) is 5.79. The second kappa shape index (κ2) is 5.96. The number of aliphatic carboxylic acids is 1. The zero-order valence-corrected chi connectivity index (χ0v) is 13.8. The molecule has 0 aliphatic carbocycles. The molecule has 1 aromatic carbocycles. The fourth-order valence-corrected chi connectivity index (χ4v) is 3.11. The number of amides is 1. The summed E-state index contributed by atoms with van der Waals surface area (Å²) in [5.41, 5.74) is -0.117. The van der Waals surface area contributed by atoms with Crippen LogP contribution >= 0.6 is 11.3 Å². The number of rotatable bonds is 5. The number of aryl methyl sites for hydroxylation is 1. The summed E-state index contributed by atoms with van der Waals surface area (Å²) in [6.07, 6.45) is 0. The van der Waals surface area contributed by atoms with Crippen LogP contribution in [0.1, 0.15) is 29.1 Å². The third-order valence-corrected chi connectivity index (χ3v) is 4.89. The number of hydrogen-bond acceptors (Lipinski definition) is 4. The minimum absolute atomic E-state index is 0.0815. The van der Waals surface area contributed by atoms with Crippen LogP contribution in [0.15, 0.2) is 18.2 Å². The lowest BCUT2D eigenvalue weighted by Gasteiger charge is -2.19. The molecule has 0 bridgehead atoms. The smallest absolute Gasteiger partial charge is 0.310 e. The van der Waals surface area contributed by atoms with Gasteiger partial charge in [-0.15, -0.1) is 11.3 Å². The number of hydrogen-bond donors (Lipinski definition) is 2. The van der Waals surface area contributed by atoms with Gasteiger partial charge in [0.1, 0.15) is 5.75 Å². The average Bonchev–Trinajstić information content (AvgIpc) is 2.81. The van der Waals surface area contributed by atoms with Gasteiger partial charge in [0.15, 0.2) is 0 Å². The molecule has 2 aromatic rings. The van der Waals surface area contributed by atoms with Gasteiger partial charge in [0.05, 0.1) is 17.4 Å². The average molecular weight is 321 g/mol. The molecule has 2 N–H and O–H groups in total. The van der Waals surface area contributed by atoms with Gasteiger partial charge >= 0.3 is 5.97 Å². The van der Waals surface area contributed by atoms with Gasteiger partial charge < -0.3 is 15.2 Å². The van der Waals surface area contributed by atoms with Crippen LogP contribution in [0.3, 0.4) is 0 Å². The van der Waals surface area contributed by atoms with E-state index in [2.05, 4.69) is 5.32 Å². The van der Waals surface area contributed by atoms with Crippen LogP contribution < -0.4 is 10.1 Å². The minimum atomic E-state index is -0.997. The Morgan fingerprint density at radius 3 is 2.64 bits per heavy atom. The van der Waals surface area contributed by atoms with Crippen molar-refractivity contribution in [2.24, 2.45) is 5.41 Å². The third kappa shape index (κ3) is 3.06. The van der Waals surface area contributed by atoms with Crippen molar-refractivity contribution in [3.63, 3.8) is 0 Å². The largest absolute Gasteiger partial charge is 0.497 e. The zero-order valence-electron chi connectivity index (χ0n) is 13.0. The summed E-state index contributed by atoms with van der Waals surface area (Å²) in [5, 5.41) is 12.8. The molecule has 0 fully saturated rings. The summed E-state index contributed by atoms with van der Waals surface area (Å²) < 4.78 is 6.21. The van der Waals surface area contributed by atoms with Gasteiger partial charge in [0.25, 0.3) is 5.91 Å². The Morgan fingerprint density at radius 1 is 1.36 bits per heavy atom. The summed E-state index contributed by atoms with van der Waals surface area (Å²) in [6, 6.07) is 5.68. The van der Waals surface area contributed by atoms with E-state index in [1.165, 1.54) is 11.3 Å². The van der Waals surface area contributed by atoms with Crippen molar-refractivity contribution in [2.75, 3.05) is 13.7 Å². The molecule has 22 heavy (non-hydrogen) atoms. The van der Waals surface area contributed by atoms with E-state index < -0.39 is 11.4 Å². The number of carboxylic acid groups (broad SMARTS) is 1. The van der Waals surface area contributed by atoms with Crippen molar-refractivity contribution in [3.8, 4) is 5.75 Å². The summed E-state index contributed by atoms with van der Waals surface area (Å²) in [4.78, 5) is 24.0. The predicted molar refractivity (Wildman–Crippen MR) is 86.9 cm³/mol. The first-order valence-electron chi connectivity index (χ1n) is 6.85. The molecule has 2 rings (SSSR count). The summed E-state index contributed by atoms with van der Waals surface area (Å²) in [5.74, 6) is -0.440. The van der Waals surface area contributed by atoms with Gasteiger partial charge in [-0.2, -0.15) is 0 Å². The quantitative estimate of drug-likeness (QED) is 0.887. The number of carbonyl (C=O) groups is 2. The number of carbonyl (C=O) groups excluding carboxylic acids is 1. The molecule has 1 heterocycles. The van der Waals surface area contributed by atoms with E-state index in [0.717, 1.165) is 21.4 Å². The summed E-state index contributed by atoms with van der Waals surface area (Å²) in [7, 11) is 1.60. The van der Waals surface area contributed by atoms with Crippen LogP contribution in [0.4, 0.5) is 0 Å². The predicted octanol–water partition coefficient (Wildman–Crippen LogP) is 3.06. The highest BCUT2D eigenvalue weighted by atomic mass is 32.1. The number of thiophene rings is 1. The van der Waals surface area contributed by atoms with Gasteiger partial charge in [-0.1, -0.05) is 0 Å². The van der Waals surface area contributed by atoms with Crippen molar-refractivity contribution < 1.29 is 19.4 Å². The van der Waals surface area contributed by atoms with Gasteiger partial charge in [0.2, 0.25) is 0 Å². The van der Waals surface area contributed by atoms with Gasteiger partial charge in [-0.25, -0.2) is 0 Å². The van der Waals surface area contributed by atoms with E-state index in [4.69, 9.17) is 9.84 Å². The van der Waals surface area contributed by atoms with E-state index in [0.29, 0.717) is 4.88 Å². The molecule has 118 valence electrons. The Morgan fingerprint density at radius 2 is 2.05 bits per heavy atom. The van der Waals surface area contributed by atoms with Crippen LogP contribution in [0.5, 0.6) is 5.75 Å². The number of ether oxygens (including phenoxy) is 1. The monoisotopic (exact) mass is 321 g/mol. The number of fused-ring (bicyclic) bond motifs is 1. The highest BCUT2D eigenvalue weighted by Gasteiger charge is 2.28. The number of methoxy groups -OCH3 is 1. The van der Waals surface area contributed by atoms with Crippen molar-refractivity contribution in [2.45, 2.75) is 20.8 Å². The molecule has 0 atom stereocenters. The molecule has 6 heteroatoms. The molecule has 0 aliphatic heterocycles. The van der Waals surface area contributed by atoms with Crippen LogP contribution in [0, 0.1) is 12.3 Å². The molecule has 1 aromatic heterocycles. The van der Waals surface area contributed by atoms with E-state index in [1.807, 2.05) is 25.1 Å². The van der Waals surface area contributed by atoms with E-state index >= 15 is 0 Å². The lowest BCUT2D eigenvalue weighted by molar-refractivity contribution is -0.146. The Hall–Kier alpha value is -2.08. The third-order valence-electron chi connectivity index (χ3n) is 3.62. The Labute approximate surface area is 132 Å². The van der Waals surface area contributed by atoms with Crippen molar-refractivity contribution in [1.82, 2.24) is 5.32 Å². The minimum Gasteiger partial charge on any atom is -0.497 e. The van der Waals surface area contributed by atoms with E-state index in [9.17, 15) is 9.59 Å². The fraction of sp³-hybridized carbons (Fsp3) is 0.375. The molecule has 5 nitrogen and oxygen atoms in total. The van der Waals surface area contributed by atoms with E-state index in [1.54, 1.807) is 21.0 Å². The van der Waals surface area contributed by atoms with Crippen LogP contribution in [0.2, 0.25) is 0 Å². The standard InChI is InChI=1S/C16H19NO4S/c1-9-11-7-10(21-4)5-6-12(11)22-13(9)14(18)17-8-16(2,3)15(19)20/h5-7H,8H2,1-4H3,(H,17,18)(H,19,20). The Bertz CT molecular complexity index is 733. The first-order chi connectivity index (χ1) is 10.3.